The zero-order valence-electron chi connectivity index (χ0n) is 10.6. The van der Waals surface area contributed by atoms with E-state index in [1.165, 1.54) is 16.4 Å². The minimum atomic E-state index is -3.78. The van der Waals surface area contributed by atoms with E-state index in [0.717, 1.165) is 4.31 Å². The van der Waals surface area contributed by atoms with Gasteiger partial charge in [0.05, 0.1) is 5.69 Å². The fourth-order valence-corrected chi connectivity index (χ4v) is 4.23. The number of hydrogen-bond donors (Lipinski definition) is 2. The van der Waals surface area contributed by atoms with Gasteiger partial charge in [-0.15, -0.1) is 0 Å². The molecule has 2 rings (SSSR count). The molecule has 0 unspecified atom stereocenters. The highest BCUT2D eigenvalue weighted by Crippen LogP contribution is 2.23. The Bertz CT molecular complexity index is 694. The van der Waals surface area contributed by atoms with E-state index in [2.05, 4.69) is 0 Å². The van der Waals surface area contributed by atoms with Gasteiger partial charge >= 0.3 is 0 Å². The van der Waals surface area contributed by atoms with Gasteiger partial charge in [0, 0.05) is 26.2 Å². The topological polar surface area (TPSA) is 127 Å². The summed E-state index contributed by atoms with van der Waals surface area (Å²) in [6.07, 6.45) is 0. The van der Waals surface area contributed by atoms with Gasteiger partial charge in [0.2, 0.25) is 10.0 Å². The molecule has 1 heterocycles. The summed E-state index contributed by atoms with van der Waals surface area (Å²) >= 11 is 0. The first kappa shape index (κ1) is 15.2. The minimum Gasteiger partial charge on any atom is -0.398 e. The summed E-state index contributed by atoms with van der Waals surface area (Å²) in [5.74, 6) is 0. The van der Waals surface area contributed by atoms with E-state index in [9.17, 15) is 16.8 Å². The molecule has 0 aliphatic carbocycles. The number of nitrogen functional groups attached to an aromatic ring is 1. The van der Waals surface area contributed by atoms with Crippen LogP contribution in [-0.4, -0.2) is 51.6 Å². The van der Waals surface area contributed by atoms with E-state index in [-0.39, 0.29) is 36.8 Å². The van der Waals surface area contributed by atoms with Crippen molar-refractivity contribution in [1.29, 1.82) is 0 Å². The molecule has 10 heteroatoms. The number of nitrogens with two attached hydrogens (primary N) is 2. The van der Waals surface area contributed by atoms with Crippen LogP contribution in [0, 0.1) is 0 Å². The smallest absolute Gasteiger partial charge is 0.276 e. The predicted molar refractivity (Wildman–Crippen MR) is 74.3 cm³/mol. The number of hydrogen-bond acceptors (Lipinski definition) is 5. The van der Waals surface area contributed by atoms with Crippen LogP contribution in [-0.2, 0) is 20.2 Å². The number of anilines is 1. The van der Waals surface area contributed by atoms with Crippen LogP contribution in [0.1, 0.15) is 0 Å². The lowest BCUT2D eigenvalue weighted by Gasteiger charge is -2.32. The van der Waals surface area contributed by atoms with E-state index >= 15 is 0 Å². The lowest BCUT2D eigenvalue weighted by atomic mass is 10.3. The SMILES string of the molecule is Nc1ccccc1S(=O)(=O)N1CCN(S(N)(=O)=O)CC1. The lowest BCUT2D eigenvalue weighted by Crippen LogP contribution is -2.52. The monoisotopic (exact) mass is 320 g/mol. The largest absolute Gasteiger partial charge is 0.398 e. The highest BCUT2D eigenvalue weighted by Gasteiger charge is 2.32. The van der Waals surface area contributed by atoms with Gasteiger partial charge in [-0.25, -0.2) is 13.6 Å². The molecule has 112 valence electrons. The van der Waals surface area contributed by atoms with Crippen LogP contribution in [0.25, 0.3) is 0 Å². The second kappa shape index (κ2) is 5.30. The Balaban J connectivity index is 2.20. The fraction of sp³-hybridized carbons (Fsp3) is 0.400. The van der Waals surface area contributed by atoms with Crippen molar-refractivity contribution in [3.8, 4) is 0 Å². The van der Waals surface area contributed by atoms with E-state index < -0.39 is 20.2 Å². The molecule has 1 aliphatic heterocycles. The van der Waals surface area contributed by atoms with E-state index in [1.54, 1.807) is 12.1 Å². The van der Waals surface area contributed by atoms with Crippen LogP contribution < -0.4 is 10.9 Å². The first-order valence-electron chi connectivity index (χ1n) is 5.85. The molecule has 20 heavy (non-hydrogen) atoms. The molecule has 0 amide bonds. The average molecular weight is 320 g/mol. The number of piperazine rings is 1. The number of rotatable bonds is 3. The summed E-state index contributed by atoms with van der Waals surface area (Å²) in [5.41, 5.74) is 5.85. The molecule has 0 atom stereocenters. The maximum Gasteiger partial charge on any atom is 0.276 e. The molecule has 1 saturated heterocycles. The predicted octanol–water partition coefficient (Wildman–Crippen LogP) is -1.22. The summed E-state index contributed by atoms with van der Waals surface area (Å²) in [6, 6.07) is 6.17. The van der Waals surface area contributed by atoms with Crippen molar-refractivity contribution in [2.75, 3.05) is 31.9 Å². The summed E-state index contributed by atoms with van der Waals surface area (Å²) in [5, 5.41) is 5.01. The van der Waals surface area contributed by atoms with Crippen molar-refractivity contribution in [1.82, 2.24) is 8.61 Å². The third-order valence-electron chi connectivity index (χ3n) is 3.09. The highest BCUT2D eigenvalue weighted by atomic mass is 32.2. The summed E-state index contributed by atoms with van der Waals surface area (Å²) in [7, 11) is -7.50. The summed E-state index contributed by atoms with van der Waals surface area (Å²) in [6.45, 7) is 0.162. The molecular formula is C10H16N4O4S2. The number of nitrogens with zero attached hydrogens (tertiary/aromatic N) is 2. The molecule has 0 radical (unpaired) electrons. The van der Waals surface area contributed by atoms with Crippen LogP contribution in [0.2, 0.25) is 0 Å². The number of sulfonamides is 1. The van der Waals surface area contributed by atoms with Crippen LogP contribution in [0.5, 0.6) is 0 Å². The third-order valence-corrected chi connectivity index (χ3v) is 6.15. The van der Waals surface area contributed by atoms with Crippen LogP contribution in [0.4, 0.5) is 5.69 Å². The molecule has 0 bridgehead atoms. The van der Waals surface area contributed by atoms with Crippen LogP contribution >= 0.6 is 0 Å². The lowest BCUT2D eigenvalue weighted by molar-refractivity contribution is 0.273. The van der Waals surface area contributed by atoms with Gasteiger partial charge in [0.1, 0.15) is 4.90 Å². The maximum atomic E-state index is 12.4. The third kappa shape index (κ3) is 2.94. The van der Waals surface area contributed by atoms with Crippen molar-refractivity contribution in [3.05, 3.63) is 24.3 Å². The molecule has 1 aromatic carbocycles. The Morgan fingerprint density at radius 3 is 1.90 bits per heavy atom. The van der Waals surface area contributed by atoms with Gasteiger partial charge in [0.15, 0.2) is 0 Å². The van der Waals surface area contributed by atoms with E-state index in [0.29, 0.717) is 0 Å². The van der Waals surface area contributed by atoms with Crippen LogP contribution in [0.15, 0.2) is 29.2 Å². The Kier molecular flexibility index (Phi) is 4.02. The van der Waals surface area contributed by atoms with E-state index in [4.69, 9.17) is 10.9 Å². The van der Waals surface area contributed by atoms with Gasteiger partial charge in [-0.3, -0.25) is 0 Å². The Morgan fingerprint density at radius 2 is 1.40 bits per heavy atom. The van der Waals surface area contributed by atoms with Crippen LogP contribution in [0.3, 0.4) is 0 Å². The highest BCUT2D eigenvalue weighted by molar-refractivity contribution is 7.89. The summed E-state index contributed by atoms with van der Waals surface area (Å²) < 4.78 is 49.4. The molecule has 1 fully saturated rings. The Morgan fingerprint density at radius 1 is 0.900 bits per heavy atom. The van der Waals surface area contributed by atoms with Crippen molar-refractivity contribution in [2.24, 2.45) is 5.14 Å². The van der Waals surface area contributed by atoms with Crippen molar-refractivity contribution >= 4 is 25.9 Å². The minimum absolute atomic E-state index is 0.0315. The molecule has 8 nitrogen and oxygen atoms in total. The molecule has 0 saturated carbocycles. The quantitative estimate of drug-likeness (QED) is 0.675. The number of para-hydroxylation sites is 1. The van der Waals surface area contributed by atoms with Gasteiger partial charge in [-0.1, -0.05) is 12.1 Å². The normalized spacial score (nSPS) is 19.1. The molecule has 0 aromatic heterocycles. The average Bonchev–Trinajstić information content (AvgIpc) is 2.38. The maximum absolute atomic E-state index is 12.4. The molecule has 0 spiro atoms. The van der Waals surface area contributed by atoms with Gasteiger partial charge in [0.25, 0.3) is 10.2 Å². The van der Waals surface area contributed by atoms with Gasteiger partial charge in [-0.05, 0) is 12.1 Å². The number of benzene rings is 1. The molecule has 1 aromatic rings. The van der Waals surface area contributed by atoms with Gasteiger partial charge < -0.3 is 5.73 Å². The Labute approximate surface area is 118 Å². The zero-order chi connectivity index (χ0) is 15.0. The second-order valence-corrected chi connectivity index (χ2v) is 7.84. The summed E-state index contributed by atoms with van der Waals surface area (Å²) in [4.78, 5) is 0.0315. The Hall–Kier alpha value is -1.20. The van der Waals surface area contributed by atoms with Crippen molar-refractivity contribution < 1.29 is 16.8 Å². The van der Waals surface area contributed by atoms with Gasteiger partial charge in [-0.2, -0.15) is 17.0 Å². The molecule has 4 N–H and O–H groups in total. The zero-order valence-corrected chi connectivity index (χ0v) is 12.3. The molecule has 1 aliphatic rings. The standard InChI is InChI=1S/C10H16N4O4S2/c11-9-3-1-2-4-10(9)19(15,16)13-5-7-14(8-6-13)20(12,17)18/h1-4H,5-8,11H2,(H2,12,17,18). The fourth-order valence-electron chi connectivity index (χ4n) is 2.02. The van der Waals surface area contributed by atoms with Crippen molar-refractivity contribution in [2.45, 2.75) is 4.90 Å². The molecular weight excluding hydrogens is 304 g/mol. The first-order chi connectivity index (χ1) is 9.23. The first-order valence-corrected chi connectivity index (χ1v) is 8.80. The van der Waals surface area contributed by atoms with Crippen molar-refractivity contribution in [3.63, 3.8) is 0 Å². The van der Waals surface area contributed by atoms with E-state index in [1.807, 2.05) is 0 Å². The second-order valence-electron chi connectivity index (χ2n) is 4.39.